The first-order valence-corrected chi connectivity index (χ1v) is 12.9. The maximum atomic E-state index is 12.0. The zero-order valence-electron chi connectivity index (χ0n) is 22.5. The molecular formula is C24H41NO15. The molecule has 0 aliphatic carbocycles. The summed E-state index contributed by atoms with van der Waals surface area (Å²) in [6, 6.07) is -1.18. The minimum atomic E-state index is -1.76. The molecule has 0 aromatic rings. The fourth-order valence-electron chi connectivity index (χ4n) is 4.91. The van der Waals surface area contributed by atoms with Crippen LogP contribution in [0.25, 0.3) is 0 Å². The van der Waals surface area contributed by atoms with Crippen molar-refractivity contribution in [3.8, 4) is 0 Å². The molecule has 0 aromatic heterocycles. The van der Waals surface area contributed by atoms with Crippen molar-refractivity contribution in [2.75, 3.05) is 26.9 Å². The van der Waals surface area contributed by atoms with Crippen molar-refractivity contribution in [3.63, 3.8) is 0 Å². The summed E-state index contributed by atoms with van der Waals surface area (Å²) in [4.78, 5) is 12.0. The number of aliphatic hydroxyl groups excluding tert-OH is 7. The predicted molar refractivity (Wildman–Crippen MR) is 130 cm³/mol. The van der Waals surface area contributed by atoms with Crippen LogP contribution < -0.4 is 5.32 Å². The van der Waals surface area contributed by atoms with Gasteiger partial charge in [-0.15, -0.1) is 6.58 Å². The van der Waals surface area contributed by atoms with Gasteiger partial charge in [-0.05, 0) is 6.92 Å². The van der Waals surface area contributed by atoms with Gasteiger partial charge in [0.15, 0.2) is 18.9 Å². The molecule has 8 N–H and O–H groups in total. The number of aliphatic hydroxyl groups is 7. The van der Waals surface area contributed by atoms with E-state index in [0.717, 1.165) is 0 Å². The SMILES string of the molecule is C=CCO[C@@H]1O[C@H](CO)[C@H](O)[C@H](O[C@@H]2O[C@H](CO)[C@H](O)[C@H](O)[C@H]2O[C@@H]2O[C@@H](C)[C@@H](O)[C@@H](O)[C@@H]2OC)[C@H]1NC(C)=O. The monoisotopic (exact) mass is 583 g/mol. The number of amides is 1. The summed E-state index contributed by atoms with van der Waals surface area (Å²) in [5.41, 5.74) is 0. The van der Waals surface area contributed by atoms with Crippen LogP contribution in [0.5, 0.6) is 0 Å². The Hall–Kier alpha value is -1.35. The molecule has 0 bridgehead atoms. The van der Waals surface area contributed by atoms with E-state index in [2.05, 4.69) is 11.9 Å². The highest BCUT2D eigenvalue weighted by atomic mass is 16.8. The van der Waals surface area contributed by atoms with Crippen molar-refractivity contribution in [1.29, 1.82) is 0 Å². The van der Waals surface area contributed by atoms with Crippen molar-refractivity contribution in [2.45, 2.75) is 106 Å². The normalized spacial score (nSPS) is 46.1. The Kier molecular flexibility index (Phi) is 12.2. The van der Waals surface area contributed by atoms with Crippen LogP contribution in [0.2, 0.25) is 0 Å². The molecule has 232 valence electrons. The van der Waals surface area contributed by atoms with E-state index in [1.807, 2.05) is 0 Å². The van der Waals surface area contributed by atoms with Gasteiger partial charge in [0.2, 0.25) is 5.91 Å². The smallest absolute Gasteiger partial charge is 0.217 e. The standard InChI is InChI=1S/C24H41NO15/c1-5-6-35-22-13(25-10(3)28)19(16(31)12(8-27)37-22)39-24-21(18(33)15(30)11(7-26)38-24)40-23-20(34-4)17(32)14(29)9(2)36-23/h5,9,11-24,26-27,29-33H,1,6-8H2,2-4H3,(H,25,28)/t9-,11+,12+,13+,14+,15-,16-,17+,18-,19+,20-,21+,22+,23-,24-/m0/s1. The number of hydrogen-bond acceptors (Lipinski definition) is 15. The summed E-state index contributed by atoms with van der Waals surface area (Å²) in [5, 5.41) is 75.3. The van der Waals surface area contributed by atoms with Gasteiger partial charge < -0.3 is 74.2 Å². The summed E-state index contributed by atoms with van der Waals surface area (Å²) < 4.78 is 39.7. The van der Waals surface area contributed by atoms with Gasteiger partial charge in [-0.3, -0.25) is 4.79 Å². The van der Waals surface area contributed by atoms with Crippen molar-refractivity contribution in [2.24, 2.45) is 0 Å². The number of rotatable bonds is 11. The highest BCUT2D eigenvalue weighted by Gasteiger charge is 2.54. The van der Waals surface area contributed by atoms with Gasteiger partial charge in [-0.1, -0.05) is 6.08 Å². The summed E-state index contributed by atoms with van der Waals surface area (Å²) >= 11 is 0. The molecule has 40 heavy (non-hydrogen) atoms. The number of nitrogens with one attached hydrogen (secondary N) is 1. The summed E-state index contributed by atoms with van der Waals surface area (Å²) in [6.45, 7) is 4.84. The average Bonchev–Trinajstić information content (AvgIpc) is 2.92. The maximum absolute atomic E-state index is 12.0. The molecule has 3 saturated heterocycles. The molecule has 16 nitrogen and oxygen atoms in total. The molecule has 3 aliphatic rings. The quantitative estimate of drug-likeness (QED) is 0.107. The number of methoxy groups -OCH3 is 1. The van der Waals surface area contributed by atoms with E-state index in [9.17, 15) is 40.5 Å². The largest absolute Gasteiger partial charge is 0.394 e. The average molecular weight is 584 g/mol. The van der Waals surface area contributed by atoms with Gasteiger partial charge in [0.05, 0.1) is 25.9 Å². The second kappa shape index (κ2) is 14.7. The Morgan fingerprint density at radius 3 is 1.95 bits per heavy atom. The summed E-state index contributed by atoms with van der Waals surface area (Å²) in [6.07, 6.45) is -18.3. The summed E-state index contributed by atoms with van der Waals surface area (Å²) in [5.74, 6) is -0.537. The van der Waals surface area contributed by atoms with Crippen LogP contribution in [-0.2, 0) is 38.0 Å². The van der Waals surface area contributed by atoms with Crippen LogP contribution in [0.3, 0.4) is 0 Å². The molecule has 3 rings (SSSR count). The third-order valence-electron chi connectivity index (χ3n) is 7.07. The van der Waals surface area contributed by atoms with Crippen LogP contribution in [0, 0.1) is 0 Å². The van der Waals surface area contributed by atoms with E-state index in [-0.39, 0.29) is 6.61 Å². The molecule has 1 amide bonds. The lowest BCUT2D eigenvalue weighted by molar-refractivity contribution is -0.382. The van der Waals surface area contributed by atoms with E-state index >= 15 is 0 Å². The van der Waals surface area contributed by atoms with E-state index in [0.29, 0.717) is 0 Å². The molecule has 15 atom stereocenters. The van der Waals surface area contributed by atoms with Crippen molar-refractivity contribution >= 4 is 5.91 Å². The molecular weight excluding hydrogens is 542 g/mol. The zero-order valence-corrected chi connectivity index (χ0v) is 22.5. The molecule has 0 unspecified atom stereocenters. The van der Waals surface area contributed by atoms with Crippen LogP contribution in [-0.4, -0.2) is 161 Å². The van der Waals surface area contributed by atoms with Gasteiger partial charge in [0.25, 0.3) is 0 Å². The number of carbonyl (C=O) groups excluding carboxylic acids is 1. The van der Waals surface area contributed by atoms with Crippen LogP contribution >= 0.6 is 0 Å². The van der Waals surface area contributed by atoms with Crippen LogP contribution in [0.15, 0.2) is 12.7 Å². The molecule has 0 saturated carbocycles. The van der Waals surface area contributed by atoms with Crippen molar-refractivity contribution in [3.05, 3.63) is 12.7 Å². The maximum Gasteiger partial charge on any atom is 0.217 e. The molecule has 0 aromatic carbocycles. The van der Waals surface area contributed by atoms with Gasteiger partial charge in [0.1, 0.15) is 67.1 Å². The fraction of sp³-hybridized carbons (Fsp3) is 0.875. The van der Waals surface area contributed by atoms with Gasteiger partial charge in [0, 0.05) is 14.0 Å². The molecule has 16 heteroatoms. The second-order valence-corrected chi connectivity index (χ2v) is 9.86. The highest BCUT2D eigenvalue weighted by Crippen LogP contribution is 2.33. The second-order valence-electron chi connectivity index (χ2n) is 9.86. The topological polar surface area (TPSA) is 235 Å². The van der Waals surface area contributed by atoms with E-state index in [1.54, 1.807) is 0 Å². The Morgan fingerprint density at radius 1 is 0.825 bits per heavy atom. The first-order chi connectivity index (χ1) is 19.0. The van der Waals surface area contributed by atoms with E-state index in [1.165, 1.54) is 27.0 Å². The number of ether oxygens (including phenoxy) is 7. The van der Waals surface area contributed by atoms with Crippen molar-refractivity contribution in [1.82, 2.24) is 5.32 Å². The van der Waals surface area contributed by atoms with E-state index in [4.69, 9.17) is 33.2 Å². The lowest BCUT2D eigenvalue weighted by Crippen LogP contribution is -2.69. The first-order valence-electron chi connectivity index (χ1n) is 12.9. The minimum Gasteiger partial charge on any atom is -0.394 e. The van der Waals surface area contributed by atoms with Crippen LogP contribution in [0.4, 0.5) is 0 Å². The number of carbonyl (C=O) groups is 1. The molecule has 3 fully saturated rings. The molecule has 3 aliphatic heterocycles. The Balaban J connectivity index is 1.94. The third-order valence-corrected chi connectivity index (χ3v) is 7.07. The minimum absolute atomic E-state index is 0.0192. The zero-order chi connectivity index (χ0) is 29.7. The van der Waals surface area contributed by atoms with Crippen LogP contribution in [0.1, 0.15) is 13.8 Å². The lowest BCUT2D eigenvalue weighted by atomic mass is 9.95. The van der Waals surface area contributed by atoms with Gasteiger partial charge in [-0.25, -0.2) is 0 Å². The highest BCUT2D eigenvalue weighted by molar-refractivity contribution is 5.73. The Morgan fingerprint density at radius 2 is 1.38 bits per heavy atom. The van der Waals surface area contributed by atoms with Gasteiger partial charge >= 0.3 is 0 Å². The predicted octanol–water partition coefficient (Wildman–Crippen LogP) is -4.54. The van der Waals surface area contributed by atoms with E-state index < -0.39 is 111 Å². The fourth-order valence-corrected chi connectivity index (χ4v) is 4.91. The third kappa shape index (κ3) is 7.16. The lowest BCUT2D eigenvalue weighted by Gasteiger charge is -2.49. The molecule has 0 radical (unpaired) electrons. The summed E-state index contributed by atoms with van der Waals surface area (Å²) in [7, 11) is 1.24. The number of hydrogen-bond donors (Lipinski definition) is 8. The van der Waals surface area contributed by atoms with Crippen molar-refractivity contribution < 1.29 is 73.7 Å². The Labute approximate surface area is 230 Å². The molecule has 3 heterocycles. The molecule has 0 spiro atoms. The Bertz CT molecular complexity index is 821. The van der Waals surface area contributed by atoms with Gasteiger partial charge in [-0.2, -0.15) is 0 Å². The first kappa shape index (κ1) is 33.2.